The Labute approximate surface area is 97.0 Å². The van der Waals surface area contributed by atoms with Gasteiger partial charge in [-0.1, -0.05) is 22.9 Å². The molecule has 0 fully saturated rings. The first-order valence-electron chi connectivity index (χ1n) is 4.72. The highest BCUT2D eigenvalue weighted by molar-refractivity contribution is 6.30. The van der Waals surface area contributed by atoms with E-state index in [2.05, 4.69) is 15.6 Å². The van der Waals surface area contributed by atoms with Gasteiger partial charge in [0.05, 0.1) is 16.9 Å². The number of rotatable bonds is 3. The Kier molecular flexibility index (Phi) is 3.17. The summed E-state index contributed by atoms with van der Waals surface area (Å²) in [5, 5.41) is 10.6. The summed E-state index contributed by atoms with van der Waals surface area (Å²) in [6, 6.07) is 4.77. The van der Waals surface area contributed by atoms with Crippen molar-refractivity contribution < 1.29 is 4.39 Å². The van der Waals surface area contributed by atoms with Gasteiger partial charge in [0.1, 0.15) is 5.69 Å². The van der Waals surface area contributed by atoms with Gasteiger partial charge in [-0.25, -0.2) is 9.07 Å². The number of benzene rings is 1. The lowest BCUT2D eigenvalue weighted by Crippen LogP contribution is -2.12. The Balaban J connectivity index is 2.50. The summed E-state index contributed by atoms with van der Waals surface area (Å²) in [4.78, 5) is 0. The van der Waals surface area contributed by atoms with Crippen molar-refractivity contribution in [3.05, 3.63) is 40.9 Å². The van der Waals surface area contributed by atoms with Crippen LogP contribution in [0.5, 0.6) is 0 Å². The van der Waals surface area contributed by atoms with Crippen LogP contribution in [0.3, 0.4) is 0 Å². The third kappa shape index (κ3) is 1.91. The van der Waals surface area contributed by atoms with Crippen LogP contribution in [0.15, 0.2) is 24.4 Å². The summed E-state index contributed by atoms with van der Waals surface area (Å²) in [5.41, 5.74) is 1.07. The molecule has 84 valence electrons. The van der Waals surface area contributed by atoms with E-state index in [1.54, 1.807) is 25.4 Å². The molecule has 0 aliphatic rings. The standard InChI is InChI=1S/C10H10ClFN4/c1-13-5-7-6-14-15-16(7)9-4-2-3-8(11)10(9)12/h2-4,6,13H,5H2,1H3. The monoisotopic (exact) mass is 240 g/mol. The van der Waals surface area contributed by atoms with Gasteiger partial charge in [0, 0.05) is 6.54 Å². The molecular formula is C10H10ClFN4. The zero-order valence-electron chi connectivity index (χ0n) is 8.61. The first kappa shape index (κ1) is 11.0. The van der Waals surface area contributed by atoms with Crippen LogP contribution in [0.1, 0.15) is 5.69 Å². The highest BCUT2D eigenvalue weighted by atomic mass is 35.5. The second kappa shape index (κ2) is 4.59. The van der Waals surface area contributed by atoms with Crippen molar-refractivity contribution in [2.45, 2.75) is 6.54 Å². The maximum atomic E-state index is 13.7. The third-order valence-corrected chi connectivity index (χ3v) is 2.43. The largest absolute Gasteiger partial charge is 0.314 e. The van der Waals surface area contributed by atoms with Gasteiger partial charge >= 0.3 is 0 Å². The topological polar surface area (TPSA) is 42.7 Å². The van der Waals surface area contributed by atoms with E-state index < -0.39 is 5.82 Å². The molecule has 1 aromatic heterocycles. The molecule has 0 atom stereocenters. The van der Waals surface area contributed by atoms with Gasteiger partial charge in [-0.05, 0) is 19.2 Å². The normalized spacial score (nSPS) is 10.7. The average Bonchev–Trinajstić information content (AvgIpc) is 2.71. The summed E-state index contributed by atoms with van der Waals surface area (Å²) in [6.07, 6.45) is 1.58. The fourth-order valence-electron chi connectivity index (χ4n) is 1.42. The molecule has 4 nitrogen and oxygen atoms in total. The molecule has 1 heterocycles. The molecule has 0 radical (unpaired) electrons. The van der Waals surface area contributed by atoms with Crippen LogP contribution in [-0.2, 0) is 6.54 Å². The van der Waals surface area contributed by atoms with Gasteiger partial charge < -0.3 is 5.32 Å². The number of aromatic nitrogens is 3. The van der Waals surface area contributed by atoms with E-state index in [1.807, 2.05) is 0 Å². The van der Waals surface area contributed by atoms with Crippen LogP contribution >= 0.6 is 11.6 Å². The van der Waals surface area contributed by atoms with E-state index in [9.17, 15) is 4.39 Å². The van der Waals surface area contributed by atoms with E-state index >= 15 is 0 Å². The Morgan fingerprint density at radius 2 is 2.31 bits per heavy atom. The minimum Gasteiger partial charge on any atom is -0.314 e. The van der Waals surface area contributed by atoms with Crippen LogP contribution in [-0.4, -0.2) is 22.0 Å². The molecule has 2 rings (SSSR count). The maximum absolute atomic E-state index is 13.7. The Morgan fingerprint density at radius 3 is 3.06 bits per heavy atom. The first-order valence-corrected chi connectivity index (χ1v) is 5.10. The Hall–Kier alpha value is -1.46. The van der Waals surface area contributed by atoms with Crippen LogP contribution in [0, 0.1) is 5.82 Å². The summed E-state index contributed by atoms with van der Waals surface area (Å²) < 4.78 is 15.2. The Morgan fingerprint density at radius 1 is 1.50 bits per heavy atom. The van der Waals surface area contributed by atoms with Gasteiger partial charge in [-0.2, -0.15) is 0 Å². The predicted octanol–water partition coefficient (Wildman–Crippen LogP) is 1.78. The van der Waals surface area contributed by atoms with Crippen molar-refractivity contribution in [3.63, 3.8) is 0 Å². The molecular weight excluding hydrogens is 231 g/mol. The van der Waals surface area contributed by atoms with Crippen molar-refractivity contribution in [1.82, 2.24) is 20.3 Å². The van der Waals surface area contributed by atoms with E-state index in [0.29, 0.717) is 12.2 Å². The molecule has 6 heteroatoms. The molecule has 0 aliphatic heterocycles. The average molecular weight is 241 g/mol. The fraction of sp³-hybridized carbons (Fsp3) is 0.200. The molecule has 0 saturated heterocycles. The molecule has 0 saturated carbocycles. The van der Waals surface area contributed by atoms with Gasteiger partial charge in [-0.15, -0.1) is 5.10 Å². The second-order valence-electron chi connectivity index (χ2n) is 3.24. The van der Waals surface area contributed by atoms with Crippen molar-refractivity contribution in [3.8, 4) is 5.69 Å². The molecule has 0 spiro atoms. The lowest BCUT2D eigenvalue weighted by Gasteiger charge is -2.07. The lowest BCUT2D eigenvalue weighted by atomic mass is 10.3. The molecule has 1 N–H and O–H groups in total. The SMILES string of the molecule is CNCc1cnnn1-c1cccc(Cl)c1F. The minimum absolute atomic E-state index is 0.0726. The number of halogens is 2. The van der Waals surface area contributed by atoms with Crippen molar-refractivity contribution >= 4 is 11.6 Å². The molecule has 0 unspecified atom stereocenters. The predicted molar refractivity (Wildman–Crippen MR) is 59.1 cm³/mol. The van der Waals surface area contributed by atoms with Gasteiger partial charge in [0.25, 0.3) is 0 Å². The van der Waals surface area contributed by atoms with Crippen LogP contribution in [0.25, 0.3) is 5.69 Å². The van der Waals surface area contributed by atoms with E-state index in [1.165, 1.54) is 10.7 Å². The summed E-state index contributed by atoms with van der Waals surface area (Å²) >= 11 is 5.71. The van der Waals surface area contributed by atoms with E-state index in [0.717, 1.165) is 5.69 Å². The number of hydrogen-bond acceptors (Lipinski definition) is 3. The molecule has 0 amide bonds. The zero-order valence-corrected chi connectivity index (χ0v) is 9.37. The Bertz CT molecular complexity index is 497. The second-order valence-corrected chi connectivity index (χ2v) is 3.65. The first-order chi connectivity index (χ1) is 7.74. The molecule has 1 aromatic carbocycles. The van der Waals surface area contributed by atoms with Gasteiger partial charge in [0.2, 0.25) is 0 Å². The zero-order chi connectivity index (χ0) is 11.5. The maximum Gasteiger partial charge on any atom is 0.167 e. The van der Waals surface area contributed by atoms with Crippen LogP contribution < -0.4 is 5.32 Å². The van der Waals surface area contributed by atoms with E-state index in [4.69, 9.17) is 11.6 Å². The highest BCUT2D eigenvalue weighted by Crippen LogP contribution is 2.21. The number of nitrogens with one attached hydrogen (secondary N) is 1. The summed E-state index contributed by atoms with van der Waals surface area (Å²) in [7, 11) is 1.80. The smallest absolute Gasteiger partial charge is 0.167 e. The van der Waals surface area contributed by atoms with Crippen molar-refractivity contribution in [1.29, 1.82) is 0 Å². The van der Waals surface area contributed by atoms with Crippen molar-refractivity contribution in [2.75, 3.05) is 7.05 Å². The minimum atomic E-state index is -0.494. The van der Waals surface area contributed by atoms with Crippen molar-refractivity contribution in [2.24, 2.45) is 0 Å². The third-order valence-electron chi connectivity index (χ3n) is 2.14. The summed E-state index contributed by atoms with van der Waals surface area (Å²) in [5.74, 6) is -0.494. The van der Waals surface area contributed by atoms with E-state index in [-0.39, 0.29) is 5.02 Å². The summed E-state index contributed by atoms with van der Waals surface area (Å²) in [6.45, 7) is 0.555. The number of hydrogen-bond donors (Lipinski definition) is 1. The van der Waals surface area contributed by atoms with Gasteiger partial charge in [-0.3, -0.25) is 0 Å². The van der Waals surface area contributed by atoms with Crippen LogP contribution in [0.2, 0.25) is 5.02 Å². The highest BCUT2D eigenvalue weighted by Gasteiger charge is 2.12. The molecule has 2 aromatic rings. The molecule has 0 bridgehead atoms. The number of nitrogens with zero attached hydrogens (tertiary/aromatic N) is 3. The quantitative estimate of drug-likeness (QED) is 0.889. The van der Waals surface area contributed by atoms with Crippen LogP contribution in [0.4, 0.5) is 4.39 Å². The molecule has 0 aliphatic carbocycles. The van der Waals surface area contributed by atoms with Gasteiger partial charge in [0.15, 0.2) is 5.82 Å². The lowest BCUT2D eigenvalue weighted by molar-refractivity contribution is 0.599. The molecule has 16 heavy (non-hydrogen) atoms. The fourth-order valence-corrected chi connectivity index (χ4v) is 1.59.